The number of likely N-dealkylation sites (N-methyl/N-ethyl adjacent to an activating group) is 1. The van der Waals surface area contributed by atoms with E-state index in [0.717, 1.165) is 61.8 Å². The van der Waals surface area contributed by atoms with Crippen molar-refractivity contribution < 1.29 is 4.79 Å². The van der Waals surface area contributed by atoms with Crippen molar-refractivity contribution >= 4 is 23.0 Å². The average molecular weight is 443 g/mol. The molecule has 0 aliphatic carbocycles. The third-order valence-electron chi connectivity index (χ3n) is 6.48. The number of para-hydroxylation sites is 2. The van der Waals surface area contributed by atoms with Gasteiger partial charge in [-0.25, -0.2) is 14.3 Å². The van der Waals surface area contributed by atoms with Crippen molar-refractivity contribution in [2.45, 2.75) is 12.5 Å². The number of fused-ring (bicyclic) bond motifs is 1. The quantitative estimate of drug-likeness (QED) is 0.497. The van der Waals surface area contributed by atoms with Gasteiger partial charge in [-0.05, 0) is 31.3 Å². The highest BCUT2D eigenvalue weighted by Gasteiger charge is 2.36. The number of hydrogen-bond donors (Lipinski definition) is 1. The van der Waals surface area contributed by atoms with Crippen molar-refractivity contribution in [1.82, 2.24) is 24.7 Å². The number of imidazole rings is 1. The van der Waals surface area contributed by atoms with E-state index in [4.69, 9.17) is 4.98 Å². The standard InChI is InChI=1S/C26H30N6O/c1-29-15-17-30(18-16-29)22-19-31(20-22)25-28-23-12-5-6-13-24(23)32(25)26(33)27-14-8-7-11-21-9-3-2-4-10-21/h2-6,9-10,12-13,22H,8,14-20H2,1H3,(H,27,33). The molecule has 0 unspecified atom stereocenters. The molecule has 0 bridgehead atoms. The molecule has 33 heavy (non-hydrogen) atoms. The van der Waals surface area contributed by atoms with Gasteiger partial charge in [0, 0.05) is 63.8 Å². The predicted octanol–water partition coefficient (Wildman–Crippen LogP) is 2.47. The Bertz CT molecular complexity index is 1160. The molecule has 0 radical (unpaired) electrons. The van der Waals surface area contributed by atoms with Gasteiger partial charge in [0.05, 0.1) is 11.0 Å². The largest absolute Gasteiger partial charge is 0.339 e. The van der Waals surface area contributed by atoms with Gasteiger partial charge in [-0.15, -0.1) is 0 Å². The molecule has 0 saturated carbocycles. The minimum atomic E-state index is -0.150. The van der Waals surface area contributed by atoms with E-state index in [1.54, 1.807) is 4.57 Å². The Labute approximate surface area is 195 Å². The first-order valence-electron chi connectivity index (χ1n) is 11.7. The Morgan fingerprint density at radius 2 is 1.76 bits per heavy atom. The first-order chi connectivity index (χ1) is 16.2. The van der Waals surface area contributed by atoms with E-state index in [9.17, 15) is 4.79 Å². The predicted molar refractivity (Wildman–Crippen MR) is 132 cm³/mol. The number of rotatable bonds is 4. The van der Waals surface area contributed by atoms with Crippen LogP contribution in [0.5, 0.6) is 0 Å². The highest BCUT2D eigenvalue weighted by Crippen LogP contribution is 2.28. The highest BCUT2D eigenvalue weighted by atomic mass is 16.2. The summed E-state index contributed by atoms with van der Waals surface area (Å²) in [5, 5.41) is 3.03. The van der Waals surface area contributed by atoms with Gasteiger partial charge in [0.1, 0.15) is 0 Å². The van der Waals surface area contributed by atoms with Gasteiger partial charge in [-0.1, -0.05) is 42.2 Å². The van der Waals surface area contributed by atoms with Crippen LogP contribution in [0.15, 0.2) is 54.6 Å². The van der Waals surface area contributed by atoms with Crippen molar-refractivity contribution in [1.29, 1.82) is 0 Å². The molecule has 7 nitrogen and oxygen atoms in total. The summed E-state index contributed by atoms with van der Waals surface area (Å²) in [6.45, 7) is 6.75. The molecule has 0 spiro atoms. The summed E-state index contributed by atoms with van der Waals surface area (Å²) in [7, 11) is 2.18. The molecule has 5 rings (SSSR count). The molecule has 7 heteroatoms. The second-order valence-corrected chi connectivity index (χ2v) is 8.78. The van der Waals surface area contributed by atoms with Crippen LogP contribution >= 0.6 is 0 Å². The summed E-state index contributed by atoms with van der Waals surface area (Å²) >= 11 is 0. The van der Waals surface area contributed by atoms with Crippen molar-refractivity contribution in [2.75, 3.05) is 57.8 Å². The van der Waals surface area contributed by atoms with E-state index in [1.807, 2.05) is 54.6 Å². The molecule has 2 saturated heterocycles. The molecule has 170 valence electrons. The Morgan fingerprint density at radius 3 is 2.55 bits per heavy atom. The number of anilines is 1. The molecule has 1 N–H and O–H groups in total. The first kappa shape index (κ1) is 21.5. The monoisotopic (exact) mass is 442 g/mol. The number of carbonyl (C=O) groups is 1. The lowest BCUT2D eigenvalue weighted by molar-refractivity contribution is 0.0956. The number of aromatic nitrogens is 2. The molecule has 0 atom stereocenters. The summed E-state index contributed by atoms with van der Waals surface area (Å²) in [5.74, 6) is 7.00. The third-order valence-corrected chi connectivity index (χ3v) is 6.48. The second kappa shape index (κ2) is 9.65. The van der Waals surface area contributed by atoms with Crippen LogP contribution in [0, 0.1) is 11.8 Å². The van der Waals surface area contributed by atoms with E-state index in [1.165, 1.54) is 0 Å². The number of benzene rings is 2. The number of nitrogens with zero attached hydrogens (tertiary/aromatic N) is 5. The number of hydrogen-bond acceptors (Lipinski definition) is 5. The summed E-state index contributed by atoms with van der Waals surface area (Å²) < 4.78 is 1.72. The fraction of sp³-hybridized carbons (Fsp3) is 0.385. The lowest BCUT2D eigenvalue weighted by Gasteiger charge is -2.48. The van der Waals surface area contributed by atoms with Gasteiger partial charge < -0.3 is 15.1 Å². The normalized spacial score (nSPS) is 17.4. The third kappa shape index (κ3) is 4.72. The van der Waals surface area contributed by atoms with E-state index in [0.29, 0.717) is 19.0 Å². The smallest absolute Gasteiger partial charge is 0.328 e. The topological polar surface area (TPSA) is 56.6 Å². The molecule has 3 aromatic rings. The lowest BCUT2D eigenvalue weighted by Crippen LogP contribution is -2.63. The van der Waals surface area contributed by atoms with Crippen LogP contribution in [-0.4, -0.2) is 84.3 Å². The first-order valence-corrected chi connectivity index (χ1v) is 11.7. The highest BCUT2D eigenvalue weighted by molar-refractivity contribution is 5.93. The van der Waals surface area contributed by atoms with Crippen LogP contribution in [-0.2, 0) is 0 Å². The molecule has 2 aliphatic heterocycles. The maximum atomic E-state index is 13.2. The van der Waals surface area contributed by atoms with E-state index in [-0.39, 0.29) is 6.03 Å². The molecule has 1 aromatic heterocycles. The maximum absolute atomic E-state index is 13.2. The van der Waals surface area contributed by atoms with Crippen molar-refractivity contribution in [3.63, 3.8) is 0 Å². The Hall–Kier alpha value is -3.34. The zero-order valence-electron chi connectivity index (χ0n) is 19.1. The second-order valence-electron chi connectivity index (χ2n) is 8.78. The van der Waals surface area contributed by atoms with Crippen LogP contribution < -0.4 is 10.2 Å². The van der Waals surface area contributed by atoms with Gasteiger partial charge in [0.25, 0.3) is 0 Å². The van der Waals surface area contributed by atoms with Gasteiger partial charge in [-0.2, -0.15) is 0 Å². The van der Waals surface area contributed by atoms with E-state index >= 15 is 0 Å². The van der Waals surface area contributed by atoms with Gasteiger partial charge in [0.2, 0.25) is 5.95 Å². The summed E-state index contributed by atoms with van der Waals surface area (Å²) in [5.41, 5.74) is 2.66. The number of piperazine rings is 1. The minimum Gasteiger partial charge on any atom is -0.339 e. The van der Waals surface area contributed by atoms with Crippen LogP contribution in [0.1, 0.15) is 12.0 Å². The summed E-state index contributed by atoms with van der Waals surface area (Å²) in [4.78, 5) is 25.1. The van der Waals surface area contributed by atoms with Gasteiger partial charge in [0.15, 0.2) is 0 Å². The molecule has 2 aliphatic rings. The van der Waals surface area contributed by atoms with Gasteiger partial charge in [-0.3, -0.25) is 4.90 Å². The SMILES string of the molecule is CN1CCN(C2CN(c3nc4ccccc4n3C(=O)NCCC#Cc3ccccc3)C2)CC1. The zero-order chi connectivity index (χ0) is 22.6. The van der Waals surface area contributed by atoms with Crippen LogP contribution in [0.25, 0.3) is 11.0 Å². The van der Waals surface area contributed by atoms with Crippen molar-refractivity contribution in [3.8, 4) is 11.8 Å². The Balaban J connectivity index is 1.24. The van der Waals surface area contributed by atoms with E-state index < -0.39 is 0 Å². The fourth-order valence-electron chi connectivity index (χ4n) is 4.46. The Morgan fingerprint density at radius 1 is 1.03 bits per heavy atom. The van der Waals surface area contributed by atoms with Crippen LogP contribution in [0.4, 0.5) is 10.7 Å². The molecule has 1 amide bonds. The summed E-state index contributed by atoms with van der Waals surface area (Å²) in [6, 6.07) is 18.1. The number of carbonyl (C=O) groups excluding carboxylic acids is 1. The average Bonchev–Trinajstić information content (AvgIpc) is 3.19. The van der Waals surface area contributed by atoms with Crippen molar-refractivity contribution in [2.24, 2.45) is 0 Å². The maximum Gasteiger partial charge on any atom is 0.328 e. The molecule has 2 aromatic carbocycles. The fourth-order valence-corrected chi connectivity index (χ4v) is 4.46. The summed E-state index contributed by atoms with van der Waals surface area (Å²) in [6.07, 6.45) is 0.595. The number of nitrogens with one attached hydrogen (secondary N) is 1. The number of amides is 1. The molecule has 3 heterocycles. The molecular formula is C26H30N6O. The van der Waals surface area contributed by atoms with Gasteiger partial charge >= 0.3 is 6.03 Å². The minimum absolute atomic E-state index is 0.150. The molecular weight excluding hydrogens is 412 g/mol. The lowest BCUT2D eigenvalue weighted by atomic mass is 10.1. The van der Waals surface area contributed by atoms with Crippen LogP contribution in [0.2, 0.25) is 0 Å². The Kier molecular flexibility index (Phi) is 6.29. The molecule has 2 fully saturated rings. The van der Waals surface area contributed by atoms with Crippen LogP contribution in [0.3, 0.4) is 0 Å². The van der Waals surface area contributed by atoms with E-state index in [2.05, 4.69) is 38.9 Å². The zero-order valence-corrected chi connectivity index (χ0v) is 19.1. The van der Waals surface area contributed by atoms with Crippen molar-refractivity contribution in [3.05, 3.63) is 60.2 Å².